The Kier molecular flexibility index (Phi) is 5.92. The van der Waals surface area contributed by atoms with E-state index in [0.717, 1.165) is 25.3 Å². The minimum atomic E-state index is 0.327. The number of carbonyl (C=O) groups is 1. The van der Waals surface area contributed by atoms with E-state index in [0.29, 0.717) is 5.78 Å². The molecule has 2 heteroatoms. The van der Waals surface area contributed by atoms with Crippen LogP contribution in [0.2, 0.25) is 0 Å². The molecule has 0 unspecified atom stereocenters. The highest BCUT2D eigenvalue weighted by Crippen LogP contribution is 2.25. The van der Waals surface area contributed by atoms with Crippen molar-refractivity contribution in [3.63, 3.8) is 0 Å². The van der Waals surface area contributed by atoms with Gasteiger partial charge in [0.15, 0.2) is 0 Å². The summed E-state index contributed by atoms with van der Waals surface area (Å²) in [6.07, 6.45) is 8.71. The van der Waals surface area contributed by atoms with Gasteiger partial charge in [-0.25, -0.2) is 0 Å². The van der Waals surface area contributed by atoms with Crippen molar-refractivity contribution >= 4 is 5.78 Å². The largest absolute Gasteiger partial charge is 0.306 e. The Bertz CT molecular complexity index is 185. The van der Waals surface area contributed by atoms with Gasteiger partial charge in [-0.05, 0) is 52.1 Å². The predicted octanol–water partition coefficient (Wildman–Crippen LogP) is 2.87. The van der Waals surface area contributed by atoms with Crippen molar-refractivity contribution in [2.75, 3.05) is 20.1 Å². The summed E-state index contributed by atoms with van der Waals surface area (Å²) in [5, 5.41) is 0. The lowest BCUT2D eigenvalue weighted by Crippen LogP contribution is -2.25. The van der Waals surface area contributed by atoms with Crippen LogP contribution in [0.1, 0.15) is 51.9 Å². The lowest BCUT2D eigenvalue weighted by molar-refractivity contribution is -0.117. The topological polar surface area (TPSA) is 20.3 Å². The van der Waals surface area contributed by atoms with E-state index < -0.39 is 0 Å². The van der Waals surface area contributed by atoms with Gasteiger partial charge in [-0.1, -0.05) is 12.8 Å². The highest BCUT2D eigenvalue weighted by atomic mass is 16.1. The van der Waals surface area contributed by atoms with Crippen molar-refractivity contribution in [2.24, 2.45) is 5.92 Å². The highest BCUT2D eigenvalue weighted by Gasteiger charge is 2.16. The molecule has 2 nitrogen and oxygen atoms in total. The smallest absolute Gasteiger partial charge is 0.129 e. The summed E-state index contributed by atoms with van der Waals surface area (Å²) in [6, 6.07) is 0. The SMILES string of the molecule is CC(=O)CCCCN(C)CC1CCCC1. The van der Waals surface area contributed by atoms with Crippen LogP contribution in [0.3, 0.4) is 0 Å². The third kappa shape index (κ3) is 5.93. The molecule has 0 bridgehead atoms. The summed E-state index contributed by atoms with van der Waals surface area (Å²) >= 11 is 0. The van der Waals surface area contributed by atoms with Crippen LogP contribution in [-0.2, 0) is 4.79 Å². The van der Waals surface area contributed by atoms with E-state index in [1.54, 1.807) is 6.92 Å². The van der Waals surface area contributed by atoms with E-state index in [1.165, 1.54) is 38.6 Å². The van der Waals surface area contributed by atoms with E-state index in [2.05, 4.69) is 11.9 Å². The molecule has 0 saturated heterocycles. The second-order valence-electron chi connectivity index (χ2n) is 5.07. The van der Waals surface area contributed by atoms with Crippen molar-refractivity contribution in [3.8, 4) is 0 Å². The van der Waals surface area contributed by atoms with Crippen LogP contribution in [0.5, 0.6) is 0 Å². The predicted molar refractivity (Wildman–Crippen MR) is 64.0 cm³/mol. The molecule has 1 aliphatic carbocycles. The fraction of sp³-hybridized carbons (Fsp3) is 0.923. The van der Waals surface area contributed by atoms with Crippen molar-refractivity contribution in [1.82, 2.24) is 4.90 Å². The van der Waals surface area contributed by atoms with Gasteiger partial charge in [0, 0.05) is 13.0 Å². The summed E-state index contributed by atoms with van der Waals surface area (Å²) < 4.78 is 0. The van der Waals surface area contributed by atoms with Crippen LogP contribution in [-0.4, -0.2) is 30.8 Å². The van der Waals surface area contributed by atoms with Crippen LogP contribution in [0.15, 0.2) is 0 Å². The zero-order valence-electron chi connectivity index (χ0n) is 10.3. The molecule has 0 amide bonds. The Hall–Kier alpha value is -0.370. The van der Waals surface area contributed by atoms with Crippen molar-refractivity contribution in [3.05, 3.63) is 0 Å². The van der Waals surface area contributed by atoms with E-state index in [-0.39, 0.29) is 0 Å². The minimum absolute atomic E-state index is 0.327. The molecular weight excluding hydrogens is 186 g/mol. The van der Waals surface area contributed by atoms with Gasteiger partial charge in [-0.3, -0.25) is 0 Å². The molecule has 0 N–H and O–H groups in total. The molecule has 0 aromatic heterocycles. The summed E-state index contributed by atoms with van der Waals surface area (Å²) in [7, 11) is 2.21. The molecule has 0 atom stereocenters. The first-order chi connectivity index (χ1) is 7.18. The van der Waals surface area contributed by atoms with Gasteiger partial charge in [0.25, 0.3) is 0 Å². The van der Waals surface area contributed by atoms with E-state index in [9.17, 15) is 4.79 Å². The molecule has 1 aliphatic rings. The van der Waals surface area contributed by atoms with Crippen LogP contribution in [0, 0.1) is 5.92 Å². The lowest BCUT2D eigenvalue weighted by atomic mass is 10.1. The quantitative estimate of drug-likeness (QED) is 0.603. The molecular formula is C13H25NO. The first-order valence-corrected chi connectivity index (χ1v) is 6.36. The number of Topliss-reactive ketones (excluding diaryl/α,β-unsaturated/α-hetero) is 1. The highest BCUT2D eigenvalue weighted by molar-refractivity contribution is 5.75. The molecule has 0 aromatic rings. The average Bonchev–Trinajstić information content (AvgIpc) is 2.64. The van der Waals surface area contributed by atoms with Gasteiger partial charge in [0.1, 0.15) is 5.78 Å². The molecule has 0 aromatic carbocycles. The summed E-state index contributed by atoms with van der Waals surface area (Å²) in [5.41, 5.74) is 0. The number of hydrogen-bond acceptors (Lipinski definition) is 2. The fourth-order valence-corrected chi connectivity index (χ4v) is 2.48. The molecule has 0 spiro atoms. The number of ketones is 1. The molecule has 88 valence electrons. The molecule has 1 fully saturated rings. The summed E-state index contributed by atoms with van der Waals surface area (Å²) in [5.74, 6) is 1.27. The van der Waals surface area contributed by atoms with E-state index >= 15 is 0 Å². The Balaban J connectivity index is 1.97. The van der Waals surface area contributed by atoms with Crippen LogP contribution >= 0.6 is 0 Å². The van der Waals surface area contributed by atoms with Gasteiger partial charge in [0.2, 0.25) is 0 Å². The number of nitrogens with zero attached hydrogens (tertiary/aromatic N) is 1. The number of rotatable bonds is 7. The maximum Gasteiger partial charge on any atom is 0.129 e. The Morgan fingerprint density at radius 2 is 1.93 bits per heavy atom. The van der Waals surface area contributed by atoms with Gasteiger partial charge in [-0.15, -0.1) is 0 Å². The van der Waals surface area contributed by atoms with Crippen LogP contribution in [0.4, 0.5) is 0 Å². The normalized spacial score (nSPS) is 17.5. The van der Waals surface area contributed by atoms with Crippen LogP contribution in [0.25, 0.3) is 0 Å². The van der Waals surface area contributed by atoms with E-state index in [4.69, 9.17) is 0 Å². The van der Waals surface area contributed by atoms with Crippen molar-refractivity contribution < 1.29 is 4.79 Å². The van der Waals surface area contributed by atoms with Crippen molar-refractivity contribution in [2.45, 2.75) is 51.9 Å². The number of unbranched alkanes of at least 4 members (excludes halogenated alkanes) is 1. The zero-order valence-corrected chi connectivity index (χ0v) is 10.3. The number of carbonyl (C=O) groups excluding carboxylic acids is 1. The third-order valence-corrected chi connectivity index (χ3v) is 3.36. The monoisotopic (exact) mass is 211 g/mol. The van der Waals surface area contributed by atoms with Gasteiger partial charge < -0.3 is 9.69 Å². The third-order valence-electron chi connectivity index (χ3n) is 3.36. The Morgan fingerprint density at radius 1 is 1.27 bits per heavy atom. The van der Waals surface area contributed by atoms with Gasteiger partial charge in [0.05, 0.1) is 0 Å². The van der Waals surface area contributed by atoms with Crippen molar-refractivity contribution in [1.29, 1.82) is 0 Å². The van der Waals surface area contributed by atoms with E-state index in [1.807, 2.05) is 0 Å². The first kappa shape index (κ1) is 12.7. The van der Waals surface area contributed by atoms with Crippen LogP contribution < -0.4 is 0 Å². The molecule has 0 heterocycles. The second kappa shape index (κ2) is 7.00. The molecule has 0 aliphatic heterocycles. The first-order valence-electron chi connectivity index (χ1n) is 6.36. The maximum absolute atomic E-state index is 10.8. The zero-order chi connectivity index (χ0) is 11.1. The standard InChI is InChI=1S/C13H25NO/c1-12(15)7-5-6-10-14(2)11-13-8-3-4-9-13/h13H,3-11H2,1-2H3. The molecule has 15 heavy (non-hydrogen) atoms. The molecule has 1 saturated carbocycles. The maximum atomic E-state index is 10.8. The average molecular weight is 211 g/mol. The number of hydrogen-bond donors (Lipinski definition) is 0. The summed E-state index contributed by atoms with van der Waals surface area (Å²) in [6.45, 7) is 4.10. The Morgan fingerprint density at radius 3 is 2.53 bits per heavy atom. The van der Waals surface area contributed by atoms with Gasteiger partial charge >= 0.3 is 0 Å². The second-order valence-corrected chi connectivity index (χ2v) is 5.07. The Labute approximate surface area is 94.0 Å². The fourth-order valence-electron chi connectivity index (χ4n) is 2.48. The van der Waals surface area contributed by atoms with Gasteiger partial charge in [-0.2, -0.15) is 0 Å². The molecule has 1 rings (SSSR count). The lowest BCUT2D eigenvalue weighted by Gasteiger charge is -2.20. The summed E-state index contributed by atoms with van der Waals surface area (Å²) in [4.78, 5) is 13.2. The molecule has 0 radical (unpaired) electrons. The minimum Gasteiger partial charge on any atom is -0.306 e.